The van der Waals surface area contributed by atoms with Crippen molar-refractivity contribution in [1.29, 1.82) is 0 Å². The van der Waals surface area contributed by atoms with Crippen LogP contribution in [-0.2, 0) is 6.42 Å². The van der Waals surface area contributed by atoms with Crippen LogP contribution in [0, 0.1) is 6.92 Å². The van der Waals surface area contributed by atoms with Crippen molar-refractivity contribution >= 4 is 46.4 Å². The fourth-order valence-electron chi connectivity index (χ4n) is 5.00. The molecule has 0 unspecified atom stereocenters. The second-order valence-corrected chi connectivity index (χ2v) is 9.35. The molecule has 0 radical (unpaired) electrons. The average molecular weight is 516 g/mol. The molecule has 1 fully saturated rings. The van der Waals surface area contributed by atoms with E-state index in [1.165, 1.54) is 16.7 Å². The molecular formula is C26H26ClN9O. The SMILES string of the molecule is Cc1cc(Nc2ncnc3cc4c(nc23)N2CCN[C@H](CO4)C2)ccc1Cc1ccn2ncnc2c1.Cl. The van der Waals surface area contributed by atoms with Crippen molar-refractivity contribution in [1.82, 2.24) is 34.9 Å². The zero-order valence-corrected chi connectivity index (χ0v) is 21.1. The fourth-order valence-corrected chi connectivity index (χ4v) is 5.00. The lowest BCUT2D eigenvalue weighted by molar-refractivity contribution is 0.271. The maximum absolute atomic E-state index is 6.07. The monoisotopic (exact) mass is 515 g/mol. The molecule has 0 aliphatic carbocycles. The van der Waals surface area contributed by atoms with Crippen LogP contribution < -0.4 is 20.3 Å². The minimum absolute atomic E-state index is 0. The van der Waals surface area contributed by atoms with Crippen molar-refractivity contribution < 1.29 is 4.74 Å². The number of aromatic nitrogens is 6. The first-order valence-corrected chi connectivity index (χ1v) is 12.1. The van der Waals surface area contributed by atoms with Crippen LogP contribution in [-0.4, -0.2) is 61.8 Å². The summed E-state index contributed by atoms with van der Waals surface area (Å²) in [5, 5.41) is 11.1. The number of benzene rings is 1. The highest BCUT2D eigenvalue weighted by atomic mass is 35.5. The third kappa shape index (κ3) is 4.38. The largest absolute Gasteiger partial charge is 0.488 e. The molecule has 6 heterocycles. The first-order chi connectivity index (χ1) is 17.7. The minimum Gasteiger partial charge on any atom is -0.488 e. The smallest absolute Gasteiger partial charge is 0.172 e. The van der Waals surface area contributed by atoms with E-state index in [0.29, 0.717) is 18.5 Å². The van der Waals surface area contributed by atoms with Crippen LogP contribution in [0.5, 0.6) is 5.75 Å². The number of pyridine rings is 2. The second-order valence-electron chi connectivity index (χ2n) is 9.35. The van der Waals surface area contributed by atoms with Crippen LogP contribution in [0.25, 0.3) is 16.7 Å². The van der Waals surface area contributed by atoms with Gasteiger partial charge in [-0.2, -0.15) is 5.10 Å². The molecule has 1 saturated heterocycles. The zero-order valence-electron chi connectivity index (χ0n) is 20.3. The van der Waals surface area contributed by atoms with Gasteiger partial charge in [0, 0.05) is 37.6 Å². The minimum atomic E-state index is 0. The maximum atomic E-state index is 6.07. The van der Waals surface area contributed by atoms with Crippen molar-refractivity contribution in [2.45, 2.75) is 19.4 Å². The lowest BCUT2D eigenvalue weighted by atomic mass is 10.0. The van der Waals surface area contributed by atoms with Gasteiger partial charge in [0.05, 0.1) is 11.6 Å². The van der Waals surface area contributed by atoms with Crippen LogP contribution in [0.3, 0.4) is 0 Å². The van der Waals surface area contributed by atoms with Gasteiger partial charge < -0.3 is 20.3 Å². The molecule has 2 aliphatic heterocycles. The highest BCUT2D eigenvalue weighted by Crippen LogP contribution is 2.34. The van der Waals surface area contributed by atoms with Gasteiger partial charge in [0.1, 0.15) is 24.8 Å². The molecule has 37 heavy (non-hydrogen) atoms. The number of hydrogen-bond donors (Lipinski definition) is 2. The number of nitrogens with one attached hydrogen (secondary N) is 2. The molecule has 0 saturated carbocycles. The third-order valence-electron chi connectivity index (χ3n) is 6.90. The lowest BCUT2D eigenvalue weighted by Crippen LogP contribution is -2.51. The Morgan fingerprint density at radius 2 is 2.05 bits per heavy atom. The third-order valence-corrected chi connectivity index (χ3v) is 6.90. The number of anilines is 3. The zero-order chi connectivity index (χ0) is 24.1. The molecule has 2 N–H and O–H groups in total. The van der Waals surface area contributed by atoms with Gasteiger partial charge >= 0.3 is 0 Å². The van der Waals surface area contributed by atoms with Crippen molar-refractivity contribution in [3.8, 4) is 5.75 Å². The molecule has 0 spiro atoms. The molecule has 7 rings (SSSR count). The molecule has 1 atom stereocenters. The van der Waals surface area contributed by atoms with Gasteiger partial charge in [-0.3, -0.25) is 0 Å². The Hall–Kier alpha value is -4.02. The lowest BCUT2D eigenvalue weighted by Gasteiger charge is -2.31. The van der Waals surface area contributed by atoms with Crippen LogP contribution in [0.2, 0.25) is 0 Å². The summed E-state index contributed by atoms with van der Waals surface area (Å²) in [6.07, 6.45) is 5.91. The van der Waals surface area contributed by atoms with Gasteiger partial charge in [0.25, 0.3) is 0 Å². The standard InChI is InChI=1S/C26H25N9O.ClH/c1-16-8-19(3-2-18(16)9-17-4-6-35-23(10-17)29-15-31-35)32-25-24-21(28-14-30-25)11-22-26(33-24)34-7-5-27-20(12-34)13-36-22;/h2-4,6,8,10-11,14-15,20,27H,5,7,9,12-13H2,1H3,(H,28,30,32);1H/t20-;/m0./s1. The molecule has 0 amide bonds. The summed E-state index contributed by atoms with van der Waals surface area (Å²) in [4.78, 5) is 20.5. The number of ether oxygens (including phenoxy) is 1. The summed E-state index contributed by atoms with van der Waals surface area (Å²) >= 11 is 0. The van der Waals surface area contributed by atoms with Crippen LogP contribution in [0.1, 0.15) is 16.7 Å². The summed E-state index contributed by atoms with van der Waals surface area (Å²) in [5.74, 6) is 2.33. The van der Waals surface area contributed by atoms with Crippen LogP contribution in [0.4, 0.5) is 17.3 Å². The van der Waals surface area contributed by atoms with E-state index < -0.39 is 0 Å². The maximum Gasteiger partial charge on any atom is 0.172 e. The van der Waals surface area contributed by atoms with E-state index in [1.54, 1.807) is 17.2 Å². The Morgan fingerprint density at radius 3 is 2.97 bits per heavy atom. The van der Waals surface area contributed by atoms with Gasteiger partial charge in [-0.1, -0.05) is 6.07 Å². The van der Waals surface area contributed by atoms with E-state index in [1.807, 2.05) is 12.3 Å². The Morgan fingerprint density at radius 1 is 1.11 bits per heavy atom. The summed E-state index contributed by atoms with van der Waals surface area (Å²) in [5.41, 5.74) is 6.95. The molecule has 5 aromatic rings. The van der Waals surface area contributed by atoms with E-state index >= 15 is 0 Å². The molecule has 4 aromatic heterocycles. The Labute approximate surface area is 219 Å². The molecular weight excluding hydrogens is 490 g/mol. The molecule has 188 valence electrons. The van der Waals surface area contributed by atoms with Gasteiger partial charge in [-0.25, -0.2) is 24.5 Å². The first-order valence-electron chi connectivity index (χ1n) is 12.1. The quantitative estimate of drug-likeness (QED) is 0.373. The van der Waals surface area contributed by atoms with E-state index in [2.05, 4.69) is 72.8 Å². The normalized spacial score (nSPS) is 16.6. The number of halogens is 1. The van der Waals surface area contributed by atoms with Crippen LogP contribution in [0.15, 0.2) is 55.2 Å². The Bertz CT molecular complexity index is 1600. The number of rotatable bonds is 4. The number of aryl methyl sites for hydroxylation is 1. The summed E-state index contributed by atoms with van der Waals surface area (Å²) in [6.45, 7) is 5.46. The van der Waals surface area contributed by atoms with Gasteiger partial charge in [-0.05, 0) is 54.3 Å². The van der Waals surface area contributed by atoms with Crippen molar-refractivity contribution in [2.75, 3.05) is 36.5 Å². The Balaban J connectivity index is 0.00000252. The molecule has 10 nitrogen and oxygen atoms in total. The highest BCUT2D eigenvalue weighted by Gasteiger charge is 2.28. The fraction of sp³-hybridized carbons (Fsp3) is 0.269. The summed E-state index contributed by atoms with van der Waals surface area (Å²) < 4.78 is 7.84. The van der Waals surface area contributed by atoms with Crippen molar-refractivity contribution in [3.63, 3.8) is 0 Å². The average Bonchev–Trinajstić information content (AvgIpc) is 3.33. The van der Waals surface area contributed by atoms with E-state index in [9.17, 15) is 0 Å². The van der Waals surface area contributed by atoms with E-state index in [0.717, 1.165) is 60.0 Å². The van der Waals surface area contributed by atoms with Crippen LogP contribution >= 0.6 is 12.4 Å². The number of nitrogens with zero attached hydrogens (tertiary/aromatic N) is 7. The number of hydrogen-bond acceptors (Lipinski definition) is 9. The number of piperazine rings is 1. The van der Waals surface area contributed by atoms with Crippen molar-refractivity contribution in [2.24, 2.45) is 0 Å². The molecule has 2 bridgehead atoms. The Kier molecular flexibility index (Phi) is 5.97. The van der Waals surface area contributed by atoms with Crippen molar-refractivity contribution in [3.05, 3.63) is 71.9 Å². The molecule has 2 aliphatic rings. The second kappa shape index (κ2) is 9.45. The van der Waals surface area contributed by atoms with Gasteiger partial charge in [-0.15, -0.1) is 12.4 Å². The molecule has 1 aromatic carbocycles. The first kappa shape index (κ1) is 23.4. The highest BCUT2D eigenvalue weighted by molar-refractivity contribution is 5.90. The van der Waals surface area contributed by atoms with E-state index in [4.69, 9.17) is 9.72 Å². The predicted molar refractivity (Wildman–Crippen MR) is 144 cm³/mol. The topological polar surface area (TPSA) is 105 Å². The predicted octanol–water partition coefficient (Wildman–Crippen LogP) is 3.30. The molecule has 11 heteroatoms. The number of fused-ring (bicyclic) bond motifs is 6. The van der Waals surface area contributed by atoms with Gasteiger partial charge in [0.2, 0.25) is 0 Å². The summed E-state index contributed by atoms with van der Waals surface area (Å²) in [7, 11) is 0. The summed E-state index contributed by atoms with van der Waals surface area (Å²) in [6, 6.07) is 12.8. The van der Waals surface area contributed by atoms with Gasteiger partial charge in [0.15, 0.2) is 23.0 Å². The van der Waals surface area contributed by atoms with E-state index in [-0.39, 0.29) is 12.4 Å².